The van der Waals surface area contributed by atoms with Gasteiger partial charge in [0.15, 0.2) is 5.54 Å². The van der Waals surface area contributed by atoms with Gasteiger partial charge in [0.1, 0.15) is 17.6 Å². The Bertz CT molecular complexity index is 1360. The smallest absolute Gasteiger partial charge is 0.296 e. The number of ketones is 1. The molecular weight excluding hydrogens is 486 g/mol. The number of ether oxygens (including phenoxy) is 2. The van der Waals surface area contributed by atoms with Crippen molar-refractivity contribution in [2.75, 3.05) is 51.3 Å². The molecule has 38 heavy (non-hydrogen) atoms. The van der Waals surface area contributed by atoms with Crippen LogP contribution in [0.2, 0.25) is 0 Å². The Kier molecular flexibility index (Phi) is 6.00. The number of hydrogen-bond acceptors (Lipinski definition) is 7. The number of anilines is 1. The van der Waals surface area contributed by atoms with Gasteiger partial charge in [0.25, 0.3) is 17.6 Å². The van der Waals surface area contributed by atoms with E-state index in [2.05, 4.69) is 4.90 Å². The lowest BCUT2D eigenvalue weighted by molar-refractivity contribution is -0.143. The molecule has 2 atom stereocenters. The molecule has 4 heterocycles. The van der Waals surface area contributed by atoms with Gasteiger partial charge in [0.05, 0.1) is 18.8 Å². The number of amides is 2. The van der Waals surface area contributed by atoms with Crippen molar-refractivity contribution >= 4 is 29.0 Å². The van der Waals surface area contributed by atoms with E-state index in [1.54, 1.807) is 43.4 Å². The Morgan fingerprint density at radius 1 is 1.08 bits per heavy atom. The predicted molar refractivity (Wildman–Crippen MR) is 140 cm³/mol. The fourth-order valence-electron chi connectivity index (χ4n) is 6.26. The Morgan fingerprint density at radius 3 is 2.63 bits per heavy atom. The first kappa shape index (κ1) is 24.6. The highest BCUT2D eigenvalue weighted by Gasteiger charge is 2.66. The minimum absolute atomic E-state index is 0.00923. The standard InChI is InChI=1S/C29H31N3O6/c1-18-16-20-17-19(8-9-23(20)38-18)25(33)24-26(34)27(35)32(11-5-10-31-12-14-37-15-13-31)29(24)21-6-3-4-7-22(21)30(2)28(29)36/h3-4,6-9,17-18,33H,5,10-16H2,1-2H3/b25-24+. The van der Waals surface area contributed by atoms with Crippen LogP contribution in [-0.4, -0.2) is 85.0 Å². The lowest BCUT2D eigenvalue weighted by atomic mass is 9.81. The number of morpholine rings is 1. The van der Waals surface area contributed by atoms with Crippen LogP contribution in [0.4, 0.5) is 5.69 Å². The van der Waals surface area contributed by atoms with Crippen LogP contribution in [0.3, 0.4) is 0 Å². The lowest BCUT2D eigenvalue weighted by Gasteiger charge is -2.35. The van der Waals surface area contributed by atoms with Gasteiger partial charge in [0, 0.05) is 56.5 Å². The Balaban J connectivity index is 1.46. The van der Waals surface area contributed by atoms with Crippen LogP contribution in [0.15, 0.2) is 48.0 Å². The zero-order chi connectivity index (χ0) is 26.6. The fraction of sp³-hybridized carbons (Fsp3) is 0.414. The van der Waals surface area contributed by atoms with Gasteiger partial charge in [-0.1, -0.05) is 18.2 Å². The molecule has 9 heteroatoms. The van der Waals surface area contributed by atoms with Gasteiger partial charge in [0.2, 0.25) is 0 Å². The molecule has 0 bridgehead atoms. The molecule has 4 aliphatic rings. The third kappa shape index (κ3) is 3.56. The molecule has 2 unspecified atom stereocenters. The van der Waals surface area contributed by atoms with E-state index in [0.29, 0.717) is 49.4 Å². The van der Waals surface area contributed by atoms with Crippen LogP contribution in [0.5, 0.6) is 5.75 Å². The maximum atomic E-state index is 14.1. The van der Waals surface area contributed by atoms with Crippen LogP contribution in [-0.2, 0) is 31.1 Å². The molecule has 4 aliphatic heterocycles. The Morgan fingerprint density at radius 2 is 1.84 bits per heavy atom. The number of likely N-dealkylation sites (N-methyl/N-ethyl adjacent to an activating group) is 1. The number of fused-ring (bicyclic) bond motifs is 3. The minimum atomic E-state index is -1.72. The SMILES string of the molecule is CC1Cc2cc(/C(O)=C3/C(=O)C(=O)N(CCCN4CCOCC4)C34C(=O)N(C)c3ccccc34)ccc2O1. The number of para-hydroxylation sites is 1. The summed E-state index contributed by atoms with van der Waals surface area (Å²) < 4.78 is 11.2. The predicted octanol–water partition coefficient (Wildman–Crippen LogP) is 2.28. The first-order valence-electron chi connectivity index (χ1n) is 13.1. The number of carbonyl (C=O) groups excluding carboxylic acids is 3. The molecule has 2 aromatic carbocycles. The zero-order valence-electron chi connectivity index (χ0n) is 21.6. The Labute approximate surface area is 221 Å². The number of nitrogens with zero attached hydrogens (tertiary/aromatic N) is 3. The summed E-state index contributed by atoms with van der Waals surface area (Å²) >= 11 is 0. The van der Waals surface area contributed by atoms with E-state index in [1.165, 1.54) is 9.80 Å². The molecule has 2 saturated heterocycles. The van der Waals surface area contributed by atoms with Gasteiger partial charge in [-0.3, -0.25) is 19.3 Å². The maximum absolute atomic E-state index is 14.1. The van der Waals surface area contributed by atoms with Crippen molar-refractivity contribution in [3.63, 3.8) is 0 Å². The van der Waals surface area contributed by atoms with Gasteiger partial charge >= 0.3 is 0 Å². The van der Waals surface area contributed by atoms with E-state index >= 15 is 0 Å². The first-order valence-corrected chi connectivity index (χ1v) is 13.1. The summed E-state index contributed by atoms with van der Waals surface area (Å²) in [6.45, 7) is 5.79. The summed E-state index contributed by atoms with van der Waals surface area (Å²) in [5.41, 5.74) is 0.523. The second-order valence-electron chi connectivity index (χ2n) is 10.4. The summed E-state index contributed by atoms with van der Waals surface area (Å²) in [4.78, 5) is 46.5. The number of aliphatic hydroxyl groups excluding tert-OH is 1. The summed E-state index contributed by atoms with van der Waals surface area (Å²) in [5.74, 6) is -1.67. The highest BCUT2D eigenvalue weighted by Crippen LogP contribution is 2.53. The molecule has 198 valence electrons. The molecule has 1 N–H and O–H groups in total. The van der Waals surface area contributed by atoms with E-state index in [-0.39, 0.29) is 24.0 Å². The van der Waals surface area contributed by atoms with Crippen molar-refractivity contribution in [1.29, 1.82) is 0 Å². The highest BCUT2D eigenvalue weighted by molar-refractivity contribution is 6.50. The van der Waals surface area contributed by atoms with Gasteiger partial charge in [-0.05, 0) is 43.2 Å². The largest absolute Gasteiger partial charge is 0.507 e. The molecule has 0 aromatic heterocycles. The normalized spacial score (nSPS) is 26.3. The van der Waals surface area contributed by atoms with Crippen molar-refractivity contribution < 1.29 is 29.0 Å². The zero-order valence-corrected chi connectivity index (χ0v) is 21.6. The molecule has 0 saturated carbocycles. The first-order chi connectivity index (χ1) is 18.3. The molecule has 1 spiro atoms. The van der Waals surface area contributed by atoms with Crippen LogP contribution in [0.25, 0.3) is 5.76 Å². The number of rotatable bonds is 5. The summed E-state index contributed by atoms with van der Waals surface area (Å²) in [6, 6.07) is 12.4. The van der Waals surface area contributed by atoms with Gasteiger partial charge in [-0.15, -0.1) is 0 Å². The number of benzene rings is 2. The monoisotopic (exact) mass is 517 g/mol. The summed E-state index contributed by atoms with van der Waals surface area (Å²) in [5, 5.41) is 11.7. The molecule has 0 aliphatic carbocycles. The van der Waals surface area contributed by atoms with Crippen molar-refractivity contribution in [3.8, 4) is 5.75 Å². The molecular formula is C29H31N3O6. The van der Waals surface area contributed by atoms with E-state index in [4.69, 9.17) is 9.47 Å². The minimum Gasteiger partial charge on any atom is -0.507 e. The lowest BCUT2D eigenvalue weighted by Crippen LogP contribution is -2.52. The topological polar surface area (TPSA) is 99.6 Å². The fourth-order valence-corrected chi connectivity index (χ4v) is 6.26. The molecule has 2 fully saturated rings. The second-order valence-corrected chi connectivity index (χ2v) is 10.4. The van der Waals surface area contributed by atoms with Crippen LogP contribution < -0.4 is 9.64 Å². The molecule has 6 rings (SSSR count). The van der Waals surface area contributed by atoms with Crippen LogP contribution >= 0.6 is 0 Å². The van der Waals surface area contributed by atoms with E-state index in [1.807, 2.05) is 13.0 Å². The van der Waals surface area contributed by atoms with E-state index in [0.717, 1.165) is 24.4 Å². The summed E-state index contributed by atoms with van der Waals surface area (Å²) in [7, 11) is 1.64. The average molecular weight is 518 g/mol. The van der Waals surface area contributed by atoms with Gasteiger partial charge in [-0.25, -0.2) is 0 Å². The third-order valence-electron chi connectivity index (χ3n) is 8.07. The number of likely N-dealkylation sites (tertiary alicyclic amines) is 1. The molecule has 9 nitrogen and oxygen atoms in total. The highest BCUT2D eigenvalue weighted by atomic mass is 16.5. The molecule has 2 aromatic rings. The van der Waals surface area contributed by atoms with Gasteiger partial charge < -0.3 is 24.4 Å². The summed E-state index contributed by atoms with van der Waals surface area (Å²) in [6.07, 6.45) is 1.25. The molecule has 0 radical (unpaired) electrons. The van der Waals surface area contributed by atoms with Crippen molar-refractivity contribution in [1.82, 2.24) is 9.80 Å². The van der Waals surface area contributed by atoms with E-state index < -0.39 is 23.1 Å². The quantitative estimate of drug-likeness (QED) is 0.369. The van der Waals surface area contributed by atoms with Crippen molar-refractivity contribution in [2.45, 2.75) is 31.4 Å². The van der Waals surface area contributed by atoms with Crippen LogP contribution in [0.1, 0.15) is 30.0 Å². The van der Waals surface area contributed by atoms with Crippen molar-refractivity contribution in [3.05, 3.63) is 64.7 Å². The third-order valence-corrected chi connectivity index (χ3v) is 8.07. The second kappa shape index (κ2) is 9.25. The Hall–Kier alpha value is -3.69. The number of Topliss-reactive ketones (excluding diaryl/α,β-unsaturated/α-hetero) is 1. The maximum Gasteiger partial charge on any atom is 0.296 e. The van der Waals surface area contributed by atoms with Gasteiger partial charge in [-0.2, -0.15) is 0 Å². The average Bonchev–Trinajstić information content (AvgIpc) is 3.49. The van der Waals surface area contributed by atoms with E-state index in [9.17, 15) is 19.5 Å². The van der Waals surface area contributed by atoms with Crippen LogP contribution in [0, 0.1) is 0 Å². The van der Waals surface area contributed by atoms with Crippen molar-refractivity contribution in [2.24, 2.45) is 0 Å². The molecule has 2 amide bonds. The number of carbonyl (C=O) groups is 3. The number of hydrogen-bond donors (Lipinski definition) is 1. The number of aliphatic hydroxyl groups is 1.